The lowest BCUT2D eigenvalue weighted by atomic mass is 10.2. The second kappa shape index (κ2) is 7.57. The third-order valence-corrected chi connectivity index (χ3v) is 3.35. The Morgan fingerprint density at radius 2 is 2.29 bits per heavy atom. The van der Waals surface area contributed by atoms with Crippen LogP contribution < -0.4 is 19.7 Å². The van der Waals surface area contributed by atoms with Crippen molar-refractivity contribution in [1.82, 2.24) is 5.32 Å². The molecule has 1 aliphatic heterocycles. The molecule has 0 radical (unpaired) electrons. The number of ether oxygens (including phenoxy) is 2. The standard InChI is InChI=1S/C16H22N2O3/c1-3-4-5-11-21-15-12-13(7-8-14(15)20-2)18-10-6-9-17-16(18)19/h3,7-8,12H,1,4-6,9-11H2,2H3,(H,17,19). The van der Waals surface area contributed by atoms with Crippen LogP contribution in [0.25, 0.3) is 0 Å². The van der Waals surface area contributed by atoms with Gasteiger partial charge >= 0.3 is 6.03 Å². The zero-order chi connectivity index (χ0) is 15.1. The first-order valence-electron chi connectivity index (χ1n) is 7.23. The number of rotatable bonds is 7. The lowest BCUT2D eigenvalue weighted by Gasteiger charge is -2.28. The van der Waals surface area contributed by atoms with Crippen molar-refractivity contribution in [3.8, 4) is 11.5 Å². The maximum absolute atomic E-state index is 11.9. The number of nitrogens with one attached hydrogen (secondary N) is 1. The molecule has 5 nitrogen and oxygen atoms in total. The molecule has 1 aromatic rings. The quantitative estimate of drug-likeness (QED) is 0.620. The number of hydrogen-bond acceptors (Lipinski definition) is 3. The maximum atomic E-state index is 11.9. The van der Waals surface area contributed by atoms with E-state index in [0.29, 0.717) is 24.7 Å². The predicted octanol–water partition coefficient (Wildman–Crippen LogP) is 2.96. The second-order valence-corrected chi connectivity index (χ2v) is 4.85. The molecule has 114 valence electrons. The Bertz CT molecular complexity index is 502. The van der Waals surface area contributed by atoms with Crippen LogP contribution in [-0.2, 0) is 0 Å². The number of methoxy groups -OCH3 is 1. The molecule has 0 aromatic heterocycles. The third kappa shape index (κ3) is 3.90. The predicted molar refractivity (Wildman–Crippen MR) is 83.3 cm³/mol. The summed E-state index contributed by atoms with van der Waals surface area (Å²) in [7, 11) is 1.61. The van der Waals surface area contributed by atoms with Gasteiger partial charge in [-0.1, -0.05) is 6.08 Å². The van der Waals surface area contributed by atoms with E-state index >= 15 is 0 Å². The first kappa shape index (κ1) is 15.2. The molecule has 0 atom stereocenters. The van der Waals surface area contributed by atoms with E-state index in [2.05, 4.69) is 11.9 Å². The molecular weight excluding hydrogens is 268 g/mol. The summed E-state index contributed by atoms with van der Waals surface area (Å²) >= 11 is 0. The smallest absolute Gasteiger partial charge is 0.321 e. The minimum absolute atomic E-state index is 0.0657. The molecule has 1 fully saturated rings. The average Bonchev–Trinajstić information content (AvgIpc) is 2.52. The molecule has 0 aliphatic carbocycles. The molecular formula is C16H22N2O3. The van der Waals surface area contributed by atoms with Crippen LogP contribution in [0.4, 0.5) is 10.5 Å². The van der Waals surface area contributed by atoms with Gasteiger partial charge in [0.25, 0.3) is 0 Å². The lowest BCUT2D eigenvalue weighted by Crippen LogP contribution is -2.46. The van der Waals surface area contributed by atoms with Gasteiger partial charge < -0.3 is 14.8 Å². The van der Waals surface area contributed by atoms with E-state index in [4.69, 9.17) is 9.47 Å². The molecule has 0 spiro atoms. The van der Waals surface area contributed by atoms with Crippen LogP contribution in [0.15, 0.2) is 30.9 Å². The normalized spacial score (nSPS) is 14.5. The molecule has 21 heavy (non-hydrogen) atoms. The van der Waals surface area contributed by atoms with Crippen LogP contribution in [0.5, 0.6) is 11.5 Å². The number of allylic oxidation sites excluding steroid dienone is 1. The zero-order valence-corrected chi connectivity index (χ0v) is 12.4. The number of nitrogens with zero attached hydrogens (tertiary/aromatic N) is 1. The van der Waals surface area contributed by atoms with Gasteiger partial charge in [-0.3, -0.25) is 4.90 Å². The van der Waals surface area contributed by atoms with Gasteiger partial charge in [0.05, 0.1) is 13.7 Å². The maximum Gasteiger partial charge on any atom is 0.321 e. The zero-order valence-electron chi connectivity index (χ0n) is 12.4. The molecule has 1 saturated heterocycles. The summed E-state index contributed by atoms with van der Waals surface area (Å²) in [6.45, 7) is 5.74. The van der Waals surface area contributed by atoms with Crippen LogP contribution in [0, 0.1) is 0 Å². The van der Waals surface area contributed by atoms with Crippen molar-refractivity contribution in [2.75, 3.05) is 31.7 Å². The monoisotopic (exact) mass is 290 g/mol. The third-order valence-electron chi connectivity index (χ3n) is 3.35. The molecule has 1 N–H and O–H groups in total. The Labute approximate surface area is 125 Å². The SMILES string of the molecule is C=CCCCOc1cc(N2CCCNC2=O)ccc1OC. The van der Waals surface area contributed by atoms with Gasteiger partial charge in [-0.05, 0) is 31.4 Å². The van der Waals surface area contributed by atoms with Crippen LogP contribution in [0.3, 0.4) is 0 Å². The van der Waals surface area contributed by atoms with Crippen molar-refractivity contribution in [3.05, 3.63) is 30.9 Å². The summed E-state index contributed by atoms with van der Waals surface area (Å²) in [5, 5.41) is 2.84. The molecule has 2 amide bonds. The van der Waals surface area contributed by atoms with E-state index in [0.717, 1.165) is 31.5 Å². The number of amides is 2. The number of unbranched alkanes of at least 4 members (excludes halogenated alkanes) is 1. The van der Waals surface area contributed by atoms with Gasteiger partial charge in [0.1, 0.15) is 0 Å². The summed E-state index contributed by atoms with van der Waals surface area (Å²) in [6, 6.07) is 5.50. The molecule has 0 saturated carbocycles. The number of benzene rings is 1. The van der Waals surface area contributed by atoms with E-state index in [-0.39, 0.29) is 6.03 Å². The molecule has 1 heterocycles. The first-order chi connectivity index (χ1) is 10.3. The highest BCUT2D eigenvalue weighted by atomic mass is 16.5. The minimum atomic E-state index is -0.0657. The van der Waals surface area contributed by atoms with Gasteiger partial charge in [-0.2, -0.15) is 0 Å². The highest BCUT2D eigenvalue weighted by molar-refractivity contribution is 5.93. The fourth-order valence-corrected chi connectivity index (χ4v) is 2.23. The van der Waals surface area contributed by atoms with Crippen LogP contribution in [0.1, 0.15) is 19.3 Å². The van der Waals surface area contributed by atoms with Crippen molar-refractivity contribution in [3.63, 3.8) is 0 Å². The second-order valence-electron chi connectivity index (χ2n) is 4.85. The highest BCUT2D eigenvalue weighted by Crippen LogP contribution is 2.32. The molecule has 1 aliphatic rings. The fraction of sp³-hybridized carbons (Fsp3) is 0.438. The fourth-order valence-electron chi connectivity index (χ4n) is 2.23. The largest absolute Gasteiger partial charge is 0.493 e. The van der Waals surface area contributed by atoms with E-state index in [1.165, 1.54) is 0 Å². The van der Waals surface area contributed by atoms with Gasteiger partial charge in [0, 0.05) is 24.8 Å². The first-order valence-corrected chi connectivity index (χ1v) is 7.23. The Kier molecular flexibility index (Phi) is 5.49. The summed E-state index contributed by atoms with van der Waals surface area (Å²) in [4.78, 5) is 13.6. The van der Waals surface area contributed by atoms with Crippen molar-refractivity contribution in [2.24, 2.45) is 0 Å². The Hall–Kier alpha value is -2.17. The molecule has 0 unspecified atom stereocenters. The summed E-state index contributed by atoms with van der Waals surface area (Å²) in [6.07, 6.45) is 4.62. The van der Waals surface area contributed by atoms with E-state index in [9.17, 15) is 4.79 Å². The van der Waals surface area contributed by atoms with Crippen molar-refractivity contribution < 1.29 is 14.3 Å². The van der Waals surface area contributed by atoms with Gasteiger partial charge in [0.2, 0.25) is 0 Å². The van der Waals surface area contributed by atoms with Crippen LogP contribution >= 0.6 is 0 Å². The van der Waals surface area contributed by atoms with Crippen LogP contribution in [0.2, 0.25) is 0 Å². The van der Waals surface area contributed by atoms with Crippen molar-refractivity contribution >= 4 is 11.7 Å². The average molecular weight is 290 g/mol. The van der Waals surface area contributed by atoms with Crippen molar-refractivity contribution in [1.29, 1.82) is 0 Å². The van der Waals surface area contributed by atoms with Gasteiger partial charge in [0.15, 0.2) is 11.5 Å². The highest BCUT2D eigenvalue weighted by Gasteiger charge is 2.20. The Morgan fingerprint density at radius 3 is 3.00 bits per heavy atom. The summed E-state index contributed by atoms with van der Waals surface area (Å²) in [5.41, 5.74) is 0.826. The van der Waals surface area contributed by atoms with Gasteiger partial charge in [-0.15, -0.1) is 6.58 Å². The van der Waals surface area contributed by atoms with Crippen LogP contribution in [-0.4, -0.2) is 32.8 Å². The van der Waals surface area contributed by atoms with E-state index in [1.807, 2.05) is 24.3 Å². The number of carbonyl (C=O) groups is 1. The molecule has 2 rings (SSSR count). The Balaban J connectivity index is 2.12. The topological polar surface area (TPSA) is 50.8 Å². The van der Waals surface area contributed by atoms with Gasteiger partial charge in [-0.25, -0.2) is 4.79 Å². The Morgan fingerprint density at radius 1 is 1.43 bits per heavy atom. The summed E-state index contributed by atoms with van der Waals surface area (Å²) < 4.78 is 11.1. The molecule has 5 heteroatoms. The van der Waals surface area contributed by atoms with Crippen molar-refractivity contribution in [2.45, 2.75) is 19.3 Å². The summed E-state index contributed by atoms with van der Waals surface area (Å²) in [5.74, 6) is 1.34. The number of carbonyl (C=O) groups excluding carboxylic acids is 1. The number of anilines is 1. The number of urea groups is 1. The lowest BCUT2D eigenvalue weighted by molar-refractivity contribution is 0.243. The van der Waals surface area contributed by atoms with E-state index in [1.54, 1.807) is 12.0 Å². The molecule has 0 bridgehead atoms. The molecule has 1 aromatic carbocycles. The number of hydrogen-bond donors (Lipinski definition) is 1. The minimum Gasteiger partial charge on any atom is -0.493 e. The van der Waals surface area contributed by atoms with E-state index < -0.39 is 0 Å².